The molecule has 7 nitrogen and oxygen atoms in total. The minimum Gasteiger partial charge on any atom is -0.480 e. The van der Waals surface area contributed by atoms with Crippen molar-refractivity contribution in [2.45, 2.75) is 18.9 Å². The quantitative estimate of drug-likeness (QED) is 0.907. The Hall–Kier alpha value is -2.70. The summed E-state index contributed by atoms with van der Waals surface area (Å²) in [5.74, 6) is -1.21. The number of aromatic nitrogens is 3. The number of rotatable bonds is 3. The van der Waals surface area contributed by atoms with Gasteiger partial charge in [-0.25, -0.2) is 14.5 Å². The first-order valence-electron chi connectivity index (χ1n) is 6.65. The van der Waals surface area contributed by atoms with E-state index in [2.05, 4.69) is 10.1 Å². The van der Waals surface area contributed by atoms with Gasteiger partial charge in [0.15, 0.2) is 0 Å². The van der Waals surface area contributed by atoms with E-state index in [0.717, 1.165) is 0 Å². The molecule has 1 amide bonds. The van der Waals surface area contributed by atoms with Gasteiger partial charge in [-0.1, -0.05) is 6.07 Å². The average Bonchev–Trinajstić information content (AvgIpc) is 3.17. The highest BCUT2D eigenvalue weighted by Crippen LogP contribution is 2.21. The van der Waals surface area contributed by atoms with Crippen LogP contribution in [-0.2, 0) is 4.79 Å². The normalized spacial score (nSPS) is 17.9. The first-order valence-corrected chi connectivity index (χ1v) is 6.65. The summed E-state index contributed by atoms with van der Waals surface area (Å²) >= 11 is 0. The van der Waals surface area contributed by atoms with Gasteiger partial charge in [0, 0.05) is 12.1 Å². The highest BCUT2D eigenvalue weighted by atomic mass is 16.4. The minimum absolute atomic E-state index is 0.262. The van der Waals surface area contributed by atoms with Crippen LogP contribution in [0.25, 0.3) is 5.69 Å². The summed E-state index contributed by atoms with van der Waals surface area (Å²) in [6.07, 6.45) is 4.17. The highest BCUT2D eigenvalue weighted by Gasteiger charge is 2.34. The van der Waals surface area contributed by atoms with Crippen LogP contribution in [0.3, 0.4) is 0 Å². The molecular formula is C14H14N4O3. The molecule has 0 bridgehead atoms. The van der Waals surface area contributed by atoms with Crippen LogP contribution in [0.1, 0.15) is 23.2 Å². The van der Waals surface area contributed by atoms with E-state index >= 15 is 0 Å². The predicted octanol–water partition coefficient (Wildman–Crippen LogP) is 0.957. The van der Waals surface area contributed by atoms with Crippen molar-refractivity contribution in [3.63, 3.8) is 0 Å². The second-order valence-electron chi connectivity index (χ2n) is 4.89. The zero-order valence-corrected chi connectivity index (χ0v) is 11.2. The van der Waals surface area contributed by atoms with Gasteiger partial charge in [-0.3, -0.25) is 4.79 Å². The number of aliphatic carboxylic acids is 1. The molecule has 0 radical (unpaired) electrons. The number of carboxylic acid groups (broad SMARTS) is 1. The number of benzene rings is 1. The van der Waals surface area contributed by atoms with E-state index in [1.165, 1.54) is 11.2 Å². The molecule has 1 atom stereocenters. The van der Waals surface area contributed by atoms with E-state index < -0.39 is 12.0 Å². The number of nitrogens with zero attached hydrogens (tertiary/aromatic N) is 4. The molecule has 0 unspecified atom stereocenters. The van der Waals surface area contributed by atoms with Crippen molar-refractivity contribution < 1.29 is 14.7 Å². The van der Waals surface area contributed by atoms with Crippen molar-refractivity contribution in [1.82, 2.24) is 19.7 Å². The third-order valence-electron chi connectivity index (χ3n) is 3.58. The molecule has 7 heteroatoms. The Morgan fingerprint density at radius 1 is 1.33 bits per heavy atom. The monoisotopic (exact) mass is 286 g/mol. The summed E-state index contributed by atoms with van der Waals surface area (Å²) in [6, 6.07) is 6.20. The standard InChI is InChI=1S/C14H14N4O3/c19-13(17-6-2-5-12(17)14(20)21)10-3-1-4-11(7-10)18-9-15-8-16-18/h1,3-4,7-9,12H,2,5-6H2,(H,20,21)/t12-/m0/s1. The summed E-state index contributed by atoms with van der Waals surface area (Å²) in [6.45, 7) is 0.476. The van der Waals surface area contributed by atoms with Crippen LogP contribution in [-0.4, -0.2) is 49.2 Å². The lowest BCUT2D eigenvalue weighted by Gasteiger charge is -2.21. The Balaban J connectivity index is 1.88. The number of likely N-dealkylation sites (tertiary alicyclic amines) is 1. The highest BCUT2D eigenvalue weighted by molar-refractivity contribution is 5.97. The van der Waals surface area contributed by atoms with Crippen LogP contribution in [0.15, 0.2) is 36.9 Å². The Bertz CT molecular complexity index is 669. The van der Waals surface area contributed by atoms with E-state index in [1.807, 2.05) is 6.07 Å². The molecule has 0 saturated carbocycles. The van der Waals surface area contributed by atoms with Gasteiger partial charge < -0.3 is 10.0 Å². The zero-order chi connectivity index (χ0) is 14.8. The van der Waals surface area contributed by atoms with E-state index in [0.29, 0.717) is 30.6 Å². The van der Waals surface area contributed by atoms with E-state index in [9.17, 15) is 9.59 Å². The van der Waals surface area contributed by atoms with E-state index in [1.54, 1.807) is 29.2 Å². The zero-order valence-electron chi connectivity index (χ0n) is 11.2. The van der Waals surface area contributed by atoms with Crippen molar-refractivity contribution in [2.24, 2.45) is 0 Å². The first-order chi connectivity index (χ1) is 10.2. The van der Waals surface area contributed by atoms with Gasteiger partial charge in [0.25, 0.3) is 5.91 Å². The van der Waals surface area contributed by atoms with Crippen molar-refractivity contribution in [3.8, 4) is 5.69 Å². The van der Waals surface area contributed by atoms with Crippen LogP contribution in [0.2, 0.25) is 0 Å². The molecule has 21 heavy (non-hydrogen) atoms. The van der Waals surface area contributed by atoms with Gasteiger partial charge >= 0.3 is 5.97 Å². The van der Waals surface area contributed by atoms with Crippen molar-refractivity contribution in [1.29, 1.82) is 0 Å². The fourth-order valence-electron chi connectivity index (χ4n) is 2.56. The fraction of sp³-hybridized carbons (Fsp3) is 0.286. The van der Waals surface area contributed by atoms with Gasteiger partial charge in [-0.2, -0.15) is 5.10 Å². The van der Waals surface area contributed by atoms with Gasteiger partial charge in [0.05, 0.1) is 5.69 Å². The second kappa shape index (κ2) is 5.35. The average molecular weight is 286 g/mol. The van der Waals surface area contributed by atoms with Crippen molar-refractivity contribution in [2.75, 3.05) is 6.54 Å². The molecule has 1 aliphatic rings. The summed E-state index contributed by atoms with van der Waals surface area (Å²) in [5, 5.41) is 13.2. The number of carboxylic acids is 1. The summed E-state index contributed by atoms with van der Waals surface area (Å²) in [7, 11) is 0. The van der Waals surface area contributed by atoms with Crippen LogP contribution in [0.5, 0.6) is 0 Å². The maximum Gasteiger partial charge on any atom is 0.326 e. The molecule has 1 aromatic carbocycles. The SMILES string of the molecule is O=C(O)[C@@H]1CCCN1C(=O)c1cccc(-n2cncn2)c1. The molecule has 2 aromatic rings. The van der Waals surface area contributed by atoms with Gasteiger partial charge in [0.1, 0.15) is 18.7 Å². The van der Waals surface area contributed by atoms with Crippen molar-refractivity contribution >= 4 is 11.9 Å². The van der Waals surface area contributed by atoms with Gasteiger partial charge in [0.2, 0.25) is 0 Å². The smallest absolute Gasteiger partial charge is 0.326 e. The Labute approximate surface area is 120 Å². The summed E-state index contributed by atoms with van der Waals surface area (Å²) in [5.41, 5.74) is 1.17. The topological polar surface area (TPSA) is 88.3 Å². The maximum atomic E-state index is 12.5. The number of carbonyl (C=O) groups excluding carboxylic acids is 1. The minimum atomic E-state index is -0.951. The number of amides is 1. The molecule has 1 aliphatic heterocycles. The van der Waals surface area contributed by atoms with Crippen LogP contribution < -0.4 is 0 Å². The Kier molecular flexibility index (Phi) is 3.39. The first kappa shape index (κ1) is 13.3. The third-order valence-corrected chi connectivity index (χ3v) is 3.58. The molecule has 0 spiro atoms. The van der Waals surface area contributed by atoms with Crippen LogP contribution >= 0.6 is 0 Å². The summed E-state index contributed by atoms with van der Waals surface area (Å²) < 4.78 is 1.55. The lowest BCUT2D eigenvalue weighted by atomic mass is 10.1. The summed E-state index contributed by atoms with van der Waals surface area (Å²) in [4.78, 5) is 29.0. The number of carbonyl (C=O) groups is 2. The predicted molar refractivity (Wildman–Crippen MR) is 73.1 cm³/mol. The van der Waals surface area contributed by atoms with Crippen LogP contribution in [0.4, 0.5) is 0 Å². The molecular weight excluding hydrogens is 272 g/mol. The largest absolute Gasteiger partial charge is 0.480 e. The molecule has 1 saturated heterocycles. The van der Waals surface area contributed by atoms with Gasteiger partial charge in [-0.15, -0.1) is 0 Å². The number of hydrogen-bond acceptors (Lipinski definition) is 4. The third kappa shape index (κ3) is 2.49. The Morgan fingerprint density at radius 2 is 2.19 bits per heavy atom. The van der Waals surface area contributed by atoms with Crippen molar-refractivity contribution in [3.05, 3.63) is 42.5 Å². The maximum absolute atomic E-state index is 12.5. The molecule has 0 aliphatic carbocycles. The molecule has 1 fully saturated rings. The van der Waals surface area contributed by atoms with Crippen LogP contribution in [0, 0.1) is 0 Å². The molecule has 3 rings (SSSR count). The van der Waals surface area contributed by atoms with E-state index in [-0.39, 0.29) is 5.91 Å². The molecule has 1 N–H and O–H groups in total. The lowest BCUT2D eigenvalue weighted by Crippen LogP contribution is -2.40. The lowest BCUT2D eigenvalue weighted by molar-refractivity contribution is -0.141. The van der Waals surface area contributed by atoms with E-state index in [4.69, 9.17) is 5.11 Å². The second-order valence-corrected chi connectivity index (χ2v) is 4.89. The fourth-order valence-corrected chi connectivity index (χ4v) is 2.56. The van der Waals surface area contributed by atoms with Gasteiger partial charge in [-0.05, 0) is 31.0 Å². The molecule has 108 valence electrons. The molecule has 2 heterocycles. The Morgan fingerprint density at radius 3 is 2.90 bits per heavy atom. The number of hydrogen-bond donors (Lipinski definition) is 1. The molecule has 1 aromatic heterocycles.